The number of aromatic nitrogens is 2. The van der Waals surface area contributed by atoms with Crippen molar-refractivity contribution in [1.82, 2.24) is 9.97 Å². The fourth-order valence-corrected chi connectivity index (χ4v) is 18.1. The highest BCUT2D eigenvalue weighted by Gasteiger charge is 2.54. The van der Waals surface area contributed by atoms with E-state index >= 15 is 4.57 Å². The van der Waals surface area contributed by atoms with Crippen LogP contribution < -0.4 is 25.4 Å². The third kappa shape index (κ3) is 6.96. The lowest BCUT2D eigenvalue weighted by Gasteiger charge is -2.40. The number of benzene rings is 13. The quantitative estimate of drug-likeness (QED) is 0.149. The molecule has 2 atom stereocenters. The van der Waals surface area contributed by atoms with E-state index in [0.29, 0.717) is 16.9 Å². The predicted molar refractivity (Wildman–Crippen MR) is 355 cm³/mol. The molecule has 0 saturated carbocycles. The summed E-state index contributed by atoms with van der Waals surface area (Å²) in [5, 5.41) is 3.14. The van der Waals surface area contributed by atoms with Gasteiger partial charge in [-0.05, 0) is 85.5 Å². The van der Waals surface area contributed by atoms with Gasteiger partial charge in [-0.15, -0.1) is 0 Å². The summed E-state index contributed by atoms with van der Waals surface area (Å²) in [5.74, 6) is 3.70. The Morgan fingerprint density at radius 3 is 1.42 bits per heavy atom. The Hall–Kier alpha value is -11.0. The summed E-state index contributed by atoms with van der Waals surface area (Å²) in [7, 11) is -3.67. The van der Waals surface area contributed by atoms with Crippen LogP contribution in [-0.2, 0) is 15.4 Å². The number of ether oxygens (including phenoxy) is 2. The van der Waals surface area contributed by atoms with Gasteiger partial charge < -0.3 is 14.0 Å². The second-order valence-electron chi connectivity index (χ2n) is 23.2. The SMILES string of the molecule is O=P(c1ccccc1)(c1ccc(-c2cccc3c2-c2ccccc2C32c3ccccc3Oc3c(-c4ccc(-c5nc(-c6ccccc6)c6ccccc6n5)cc4)cccc32)cc1)c1cccc2c1Oc1ccccc1C21c2ccccc2-c2ccccc21. The number of para-hydroxylation sites is 5. The van der Waals surface area contributed by atoms with Crippen molar-refractivity contribution in [2.24, 2.45) is 0 Å². The van der Waals surface area contributed by atoms with Crippen molar-refractivity contribution < 1.29 is 14.0 Å². The molecule has 0 saturated heterocycles. The van der Waals surface area contributed by atoms with Gasteiger partial charge in [0.05, 0.1) is 27.3 Å². The lowest BCUT2D eigenvalue weighted by atomic mass is 9.65. The van der Waals surface area contributed by atoms with Crippen molar-refractivity contribution in [3.63, 3.8) is 0 Å². The highest BCUT2D eigenvalue weighted by Crippen LogP contribution is 2.66. The minimum absolute atomic E-state index is 0.636. The first-order chi connectivity index (χ1) is 43.5. The molecule has 2 aliphatic heterocycles. The highest BCUT2D eigenvalue weighted by molar-refractivity contribution is 7.85. The minimum atomic E-state index is -3.67. The van der Waals surface area contributed by atoms with Crippen LogP contribution in [0, 0.1) is 0 Å². The Balaban J connectivity index is 0.772. The Labute approximate surface area is 509 Å². The number of rotatable bonds is 7. The topological polar surface area (TPSA) is 61.3 Å². The summed E-state index contributed by atoms with van der Waals surface area (Å²) in [5.41, 5.74) is 20.1. The molecule has 4 aliphatic rings. The monoisotopic (exact) mass is 1140 g/mol. The zero-order chi connectivity index (χ0) is 58.1. The molecule has 2 spiro atoms. The van der Waals surface area contributed by atoms with Gasteiger partial charge in [-0.1, -0.05) is 285 Å². The van der Waals surface area contributed by atoms with Gasteiger partial charge in [0.1, 0.15) is 23.0 Å². The van der Waals surface area contributed by atoms with Gasteiger partial charge in [0.25, 0.3) is 0 Å². The molecule has 6 heteroatoms. The van der Waals surface area contributed by atoms with Crippen molar-refractivity contribution in [1.29, 1.82) is 0 Å². The predicted octanol–water partition coefficient (Wildman–Crippen LogP) is 18.9. The van der Waals surface area contributed by atoms with Crippen LogP contribution in [0.25, 0.3) is 78.1 Å². The molecule has 18 rings (SSSR count). The van der Waals surface area contributed by atoms with Gasteiger partial charge in [0.2, 0.25) is 0 Å². The second kappa shape index (κ2) is 19.3. The minimum Gasteiger partial charge on any atom is -0.456 e. The molecule has 14 aromatic rings. The number of hydrogen-bond acceptors (Lipinski definition) is 5. The maximum absolute atomic E-state index is 17.1. The van der Waals surface area contributed by atoms with E-state index in [0.717, 1.165) is 111 Å². The first-order valence-electron chi connectivity index (χ1n) is 30.0. The van der Waals surface area contributed by atoms with Crippen molar-refractivity contribution in [3.8, 4) is 90.2 Å². The maximum atomic E-state index is 17.1. The van der Waals surface area contributed by atoms with Gasteiger partial charge >= 0.3 is 0 Å². The summed E-state index contributed by atoms with van der Waals surface area (Å²) in [6, 6.07) is 109. The van der Waals surface area contributed by atoms with Crippen molar-refractivity contribution >= 4 is 34.0 Å². The van der Waals surface area contributed by atoms with Crippen LogP contribution in [0.2, 0.25) is 0 Å². The van der Waals surface area contributed by atoms with Crippen LogP contribution in [0.15, 0.2) is 309 Å². The molecule has 412 valence electrons. The third-order valence-electron chi connectivity index (χ3n) is 19.0. The van der Waals surface area contributed by atoms with Gasteiger partial charge in [0, 0.05) is 54.9 Å². The average Bonchev–Trinajstić information content (AvgIpc) is 1.45. The molecule has 1 aromatic heterocycles. The molecule has 2 aliphatic carbocycles. The normalized spacial score (nSPS) is 15.5. The number of nitrogens with zero attached hydrogens (tertiary/aromatic N) is 2. The summed E-state index contributed by atoms with van der Waals surface area (Å²) in [4.78, 5) is 10.3. The number of fused-ring (bicyclic) bond motifs is 19. The van der Waals surface area contributed by atoms with E-state index in [-0.39, 0.29) is 0 Å². The van der Waals surface area contributed by atoms with Gasteiger partial charge in [0.15, 0.2) is 13.0 Å². The van der Waals surface area contributed by atoms with Crippen LogP contribution in [0.4, 0.5) is 0 Å². The molecule has 88 heavy (non-hydrogen) atoms. The molecular formula is C82H51N2O3P. The van der Waals surface area contributed by atoms with Crippen LogP contribution >= 0.6 is 7.14 Å². The first kappa shape index (κ1) is 50.4. The third-order valence-corrected chi connectivity index (χ3v) is 22.0. The Kier molecular flexibility index (Phi) is 11.0. The van der Waals surface area contributed by atoms with E-state index in [2.05, 4.69) is 237 Å². The maximum Gasteiger partial charge on any atom is 0.174 e. The average molecular weight is 1140 g/mol. The van der Waals surface area contributed by atoms with Crippen LogP contribution in [-0.4, -0.2) is 9.97 Å². The molecule has 0 N–H and O–H groups in total. The van der Waals surface area contributed by atoms with Crippen LogP contribution in [0.3, 0.4) is 0 Å². The molecule has 2 unspecified atom stereocenters. The second-order valence-corrected chi connectivity index (χ2v) is 26.0. The zero-order valence-corrected chi connectivity index (χ0v) is 48.4. The Morgan fingerprint density at radius 2 is 0.739 bits per heavy atom. The van der Waals surface area contributed by atoms with Crippen molar-refractivity contribution in [3.05, 3.63) is 354 Å². The fraction of sp³-hybridized carbons (Fsp3) is 0.0244. The summed E-state index contributed by atoms with van der Waals surface area (Å²) in [6.45, 7) is 0. The fourth-order valence-electron chi connectivity index (χ4n) is 15.3. The van der Waals surface area contributed by atoms with Crippen LogP contribution in [0.1, 0.15) is 44.5 Å². The molecule has 0 amide bonds. The van der Waals surface area contributed by atoms with E-state index in [1.54, 1.807) is 0 Å². The molecule has 5 nitrogen and oxygen atoms in total. The van der Waals surface area contributed by atoms with E-state index in [9.17, 15) is 0 Å². The van der Waals surface area contributed by atoms with E-state index < -0.39 is 18.0 Å². The summed E-state index contributed by atoms with van der Waals surface area (Å²) in [6.07, 6.45) is 0. The molecular weight excluding hydrogens is 1090 g/mol. The summed E-state index contributed by atoms with van der Waals surface area (Å²) >= 11 is 0. The van der Waals surface area contributed by atoms with Crippen LogP contribution in [0.5, 0.6) is 23.0 Å². The lowest BCUT2D eigenvalue weighted by Crippen LogP contribution is -2.35. The van der Waals surface area contributed by atoms with E-state index in [1.807, 2.05) is 72.8 Å². The Morgan fingerprint density at radius 1 is 0.295 bits per heavy atom. The molecule has 13 aromatic carbocycles. The van der Waals surface area contributed by atoms with E-state index in [4.69, 9.17) is 19.4 Å². The molecule has 0 fully saturated rings. The lowest BCUT2D eigenvalue weighted by molar-refractivity contribution is 0.438. The zero-order valence-electron chi connectivity index (χ0n) is 47.5. The molecule has 0 radical (unpaired) electrons. The Bertz CT molecular complexity index is 5210. The highest BCUT2D eigenvalue weighted by atomic mass is 31.2. The largest absolute Gasteiger partial charge is 0.456 e. The summed E-state index contributed by atoms with van der Waals surface area (Å²) < 4.78 is 31.5. The van der Waals surface area contributed by atoms with Gasteiger partial charge in [-0.2, -0.15) is 0 Å². The smallest absolute Gasteiger partial charge is 0.174 e. The first-order valence-corrected chi connectivity index (χ1v) is 31.7. The standard InChI is InChI=1S/C82H51N2O3P/c85-88(56-24-5-2-6-25-56,75-43-21-39-71-79(75)87-74-42-18-14-35-67(74)81(71)64-32-11-7-26-60(64)61-27-8-12-33-65(61)81)57-50-48-52(49-51-57)58-30-19-37-69-76(58)62-28-9-13-34-66(62)82(69)68-36-15-17-41-73(68)86-78-59(31-20-38-70(78)82)53-44-46-55(47-45-53)80-83-72-40-16-10-29-63(72)77(84-80)54-22-3-1-4-23-54/h1-51H. The van der Waals surface area contributed by atoms with Gasteiger partial charge in [-0.25, -0.2) is 9.97 Å². The van der Waals surface area contributed by atoms with Crippen molar-refractivity contribution in [2.45, 2.75) is 10.8 Å². The molecule has 3 heterocycles. The van der Waals surface area contributed by atoms with Crippen molar-refractivity contribution in [2.75, 3.05) is 0 Å². The molecule has 0 bridgehead atoms. The van der Waals surface area contributed by atoms with E-state index in [1.165, 1.54) is 33.4 Å². The number of hydrogen-bond donors (Lipinski definition) is 0. The van der Waals surface area contributed by atoms with Gasteiger partial charge in [-0.3, -0.25) is 0 Å².